The molecule has 4 heterocycles. The number of carbonyl (C=O) groups excluding carboxylic acids is 8. The Morgan fingerprint density at radius 2 is 1.65 bits per heavy atom. The van der Waals surface area contributed by atoms with Crippen molar-refractivity contribution < 1.29 is 52.9 Å². The number of ether oxygens (including phenoxy) is 2. The first kappa shape index (κ1) is 64.2. The van der Waals surface area contributed by atoms with E-state index in [1.54, 1.807) is 56.2 Å². The molecule has 1 aromatic heterocycles. The summed E-state index contributed by atoms with van der Waals surface area (Å²) in [5.41, 5.74) is 10.6. The molecule has 20 nitrogen and oxygen atoms in total. The van der Waals surface area contributed by atoms with Crippen LogP contribution < -0.4 is 31.7 Å². The summed E-state index contributed by atoms with van der Waals surface area (Å²) in [6.07, 6.45) is 3.98. The number of rotatable bonds is 18. The van der Waals surface area contributed by atoms with E-state index in [0.29, 0.717) is 68.8 Å². The molecule has 0 aliphatic carbocycles. The van der Waals surface area contributed by atoms with E-state index >= 15 is 0 Å². The highest BCUT2D eigenvalue weighted by Crippen LogP contribution is 2.32. The number of nitrogens with one attached hydrogen (secondary N) is 4. The highest BCUT2D eigenvalue weighted by Gasteiger charge is 2.46. The van der Waals surface area contributed by atoms with E-state index in [-0.39, 0.29) is 67.3 Å². The number of aryl methyl sites for hydroxylation is 2. The van der Waals surface area contributed by atoms with Gasteiger partial charge >= 0.3 is 6.09 Å². The van der Waals surface area contributed by atoms with Crippen LogP contribution in [0.5, 0.6) is 5.75 Å². The third-order valence-corrected chi connectivity index (χ3v) is 14.7. The van der Waals surface area contributed by atoms with E-state index in [9.17, 15) is 43.5 Å². The molecule has 6 rings (SSSR count). The minimum atomic E-state index is -1.13. The Hall–Kier alpha value is -6.32. The smallest absolute Gasteiger partial charge is 0.408 e. The molecule has 0 radical (unpaired) electrons. The SMILES string of the molecule is CC(C)(C)CC(=O)N1CCC(O)C1.CNC(=O)CCCc1cccc(OCC(CCC(N)=O)NC(=O)C2CC[C@@H]3CCN(C(C)=O)CC(NC(=O)OC(C)(C)C)C(=O)N23)c1Cl.Cc1ncsc1-c1ccc(C(C)NC=O)cc1. The van der Waals surface area contributed by atoms with Crippen molar-refractivity contribution in [3.8, 4) is 16.2 Å². The van der Waals surface area contributed by atoms with Crippen molar-refractivity contribution >= 4 is 70.9 Å². The monoisotopic (exact) mass is 1120 g/mol. The van der Waals surface area contributed by atoms with Crippen LogP contribution in [0.4, 0.5) is 4.79 Å². The van der Waals surface area contributed by atoms with Crippen molar-refractivity contribution in [1.29, 1.82) is 0 Å². The van der Waals surface area contributed by atoms with Gasteiger partial charge in [0.1, 0.15) is 30.0 Å². The highest BCUT2D eigenvalue weighted by molar-refractivity contribution is 7.13. The first-order chi connectivity index (χ1) is 36.7. The van der Waals surface area contributed by atoms with Gasteiger partial charge in [0, 0.05) is 58.9 Å². The number of β-amino-alcohol motifs (C(OH)–C–C–N with tert-alkyl or cyclic N) is 1. The van der Waals surface area contributed by atoms with Gasteiger partial charge in [0.05, 0.1) is 45.8 Å². The molecule has 3 aromatic rings. The van der Waals surface area contributed by atoms with Gasteiger partial charge in [-0.15, -0.1) is 11.3 Å². The Kier molecular flexibility index (Phi) is 24.8. The fourth-order valence-corrected chi connectivity index (χ4v) is 10.2. The standard InChI is InChI=1S/C33H49ClN6O8.C13H14N2OS.C10H19NO2/c1-20(41)39-17-16-23-13-14-25(40(23)31(45)24(18-39)38-32(46)48-33(2,3)4)30(44)37-22(12-15-27(35)42)19-47-26-10-6-8-21(29(26)34)9-7-11-28(43)36-5;1-9(14-7-16)11-3-5-12(6-4-11)13-10(2)15-8-17-13;1-10(2,3)6-9(13)11-5-4-8(12)7-11/h6,8,10,22-25H,7,9,11-19H2,1-5H3,(H2,35,42)(H,36,43)(H,37,44)(H,38,46);3-9H,1-2H3,(H,14,16);8,12H,4-7H2,1-3H3/t22?,23-,24?,25?;;/m1../s1. The molecule has 3 saturated heterocycles. The zero-order valence-corrected chi connectivity index (χ0v) is 48.5. The number of carbonyl (C=O) groups is 8. The molecule has 7 N–H and O–H groups in total. The van der Waals surface area contributed by atoms with Crippen LogP contribution in [-0.4, -0.2) is 148 Å². The molecule has 3 aliphatic heterocycles. The Labute approximate surface area is 468 Å². The predicted octanol–water partition coefficient (Wildman–Crippen LogP) is 5.98. The van der Waals surface area contributed by atoms with Crippen molar-refractivity contribution in [1.82, 2.24) is 41.0 Å². The Morgan fingerprint density at radius 3 is 2.23 bits per heavy atom. The summed E-state index contributed by atoms with van der Waals surface area (Å²) in [6, 6.07) is 10.6. The van der Waals surface area contributed by atoms with Gasteiger partial charge in [-0.1, -0.05) is 68.8 Å². The topological polar surface area (TPSA) is 272 Å². The van der Waals surface area contributed by atoms with Gasteiger partial charge in [0.15, 0.2) is 0 Å². The number of nitrogens with two attached hydrogens (primary N) is 1. The number of thiazole rings is 1. The lowest BCUT2D eigenvalue weighted by Crippen LogP contribution is -2.61. The normalized spacial score (nSPS) is 19.0. The molecule has 3 aliphatic rings. The fourth-order valence-electron chi connectivity index (χ4n) is 9.14. The maximum atomic E-state index is 14.0. The minimum absolute atomic E-state index is 0.0136. The number of fused-ring (bicyclic) bond motifs is 1. The van der Waals surface area contributed by atoms with E-state index in [1.165, 1.54) is 27.2 Å². The van der Waals surface area contributed by atoms with Gasteiger partial charge in [-0.25, -0.2) is 9.78 Å². The molecular weight excluding hydrogens is 1040 g/mol. The second kappa shape index (κ2) is 30.2. The number of aliphatic hydroxyl groups excluding tert-OH is 1. The van der Waals surface area contributed by atoms with Gasteiger partial charge < -0.3 is 56.3 Å². The van der Waals surface area contributed by atoms with Crippen LogP contribution in [0.1, 0.15) is 136 Å². The number of hydrogen-bond acceptors (Lipinski definition) is 13. The second-order valence-corrected chi connectivity index (χ2v) is 23.4. The van der Waals surface area contributed by atoms with Crippen molar-refractivity contribution in [2.45, 2.75) is 168 Å². The van der Waals surface area contributed by atoms with E-state index in [1.807, 2.05) is 37.6 Å². The summed E-state index contributed by atoms with van der Waals surface area (Å²) in [5, 5.41) is 20.5. The number of nitrogens with zero attached hydrogens (tertiary/aromatic N) is 4. The summed E-state index contributed by atoms with van der Waals surface area (Å²) >= 11 is 8.26. The molecule has 8 amide bonds. The lowest BCUT2D eigenvalue weighted by Gasteiger charge is -2.38. The maximum Gasteiger partial charge on any atom is 0.408 e. The zero-order chi connectivity index (χ0) is 57.9. The van der Waals surface area contributed by atoms with Crippen molar-refractivity contribution in [2.24, 2.45) is 11.1 Å². The van der Waals surface area contributed by atoms with Crippen LogP contribution in [0.2, 0.25) is 5.02 Å². The van der Waals surface area contributed by atoms with E-state index < -0.39 is 47.5 Å². The number of primary amides is 1. The molecule has 78 heavy (non-hydrogen) atoms. The minimum Gasteiger partial charge on any atom is -0.490 e. The molecular formula is C56H82ClN9O11S. The van der Waals surface area contributed by atoms with Crippen molar-refractivity contribution in [2.75, 3.05) is 39.8 Å². The first-order valence-electron chi connectivity index (χ1n) is 26.6. The summed E-state index contributed by atoms with van der Waals surface area (Å²) < 4.78 is 11.4. The second-order valence-electron chi connectivity index (χ2n) is 22.1. The number of alkyl carbamates (subject to hydrolysis) is 1. The quantitative estimate of drug-likeness (QED) is 0.0803. The maximum absolute atomic E-state index is 14.0. The third-order valence-electron chi connectivity index (χ3n) is 13.3. The van der Waals surface area contributed by atoms with Crippen LogP contribution >= 0.6 is 22.9 Å². The van der Waals surface area contributed by atoms with E-state index in [0.717, 1.165) is 36.2 Å². The van der Waals surface area contributed by atoms with Crippen LogP contribution in [-0.2, 0) is 44.7 Å². The van der Waals surface area contributed by atoms with Gasteiger partial charge in [0.2, 0.25) is 41.9 Å². The average Bonchev–Trinajstić information content (AvgIpc) is 4.12. The van der Waals surface area contributed by atoms with Crippen molar-refractivity contribution in [3.63, 3.8) is 0 Å². The van der Waals surface area contributed by atoms with Gasteiger partial charge in [-0.05, 0) is 108 Å². The number of likely N-dealkylation sites (tertiary alicyclic amines) is 1. The van der Waals surface area contributed by atoms with Gasteiger partial charge in [-0.3, -0.25) is 33.6 Å². The molecule has 3 fully saturated rings. The van der Waals surface area contributed by atoms with Crippen LogP contribution in [0.3, 0.4) is 0 Å². The van der Waals surface area contributed by atoms with Crippen LogP contribution in [0.15, 0.2) is 48.0 Å². The zero-order valence-electron chi connectivity index (χ0n) is 46.9. The third kappa shape index (κ3) is 20.8. The summed E-state index contributed by atoms with van der Waals surface area (Å²) in [5.74, 6) is -1.20. The number of aromatic nitrogens is 1. The predicted molar refractivity (Wildman–Crippen MR) is 299 cm³/mol. The molecule has 0 saturated carbocycles. The van der Waals surface area contributed by atoms with E-state index in [2.05, 4.69) is 59.2 Å². The summed E-state index contributed by atoms with van der Waals surface area (Å²) in [7, 11) is 1.58. The average molecular weight is 1120 g/mol. The number of halogens is 1. The van der Waals surface area contributed by atoms with Gasteiger partial charge in [-0.2, -0.15) is 0 Å². The summed E-state index contributed by atoms with van der Waals surface area (Å²) in [6.45, 7) is 18.1. The molecule has 430 valence electrons. The van der Waals surface area contributed by atoms with E-state index in [4.69, 9.17) is 26.8 Å². The number of aliphatic hydroxyl groups is 1. The molecule has 2 aromatic carbocycles. The Balaban J connectivity index is 0.000000350. The Bertz CT molecular complexity index is 2510. The first-order valence-corrected chi connectivity index (χ1v) is 27.9. The summed E-state index contributed by atoms with van der Waals surface area (Å²) in [4.78, 5) is 108. The number of amides is 8. The number of hydrogen-bond donors (Lipinski definition) is 6. The molecule has 0 spiro atoms. The van der Waals surface area contributed by atoms with Crippen molar-refractivity contribution in [3.05, 3.63) is 69.8 Å². The lowest BCUT2D eigenvalue weighted by atomic mass is 9.92. The molecule has 0 bridgehead atoms. The van der Waals surface area contributed by atoms with Crippen LogP contribution in [0, 0.1) is 12.3 Å². The fraction of sp³-hybridized carbons (Fsp3) is 0.589. The lowest BCUT2D eigenvalue weighted by molar-refractivity contribution is -0.145. The molecule has 6 atom stereocenters. The molecule has 22 heteroatoms. The number of benzene rings is 2. The largest absolute Gasteiger partial charge is 0.490 e. The highest BCUT2D eigenvalue weighted by atomic mass is 35.5. The van der Waals surface area contributed by atoms with Crippen LogP contribution in [0.25, 0.3) is 10.4 Å². The van der Waals surface area contributed by atoms with Gasteiger partial charge in [0.25, 0.3) is 0 Å². The molecule has 5 unspecified atom stereocenters. The Morgan fingerprint density at radius 1 is 0.962 bits per heavy atom.